The van der Waals surface area contributed by atoms with Gasteiger partial charge in [0.15, 0.2) is 18.2 Å². The summed E-state index contributed by atoms with van der Waals surface area (Å²) in [5, 5.41) is 0. The number of halogens is 1. The summed E-state index contributed by atoms with van der Waals surface area (Å²) in [5.41, 5.74) is 2.88. The second-order valence-corrected chi connectivity index (χ2v) is 6.92. The number of rotatable bonds is 6. The van der Waals surface area contributed by atoms with E-state index >= 15 is 0 Å². The lowest BCUT2D eigenvalue weighted by Crippen LogP contribution is -2.36. The van der Waals surface area contributed by atoms with E-state index in [1.54, 1.807) is 18.0 Å². The molecule has 5 nitrogen and oxygen atoms in total. The third-order valence-corrected chi connectivity index (χ3v) is 5.12. The smallest absolute Gasteiger partial charge is 0.310 e. The molecule has 0 saturated heterocycles. The van der Waals surface area contributed by atoms with Crippen LogP contribution in [0, 0.1) is 5.82 Å². The SMILES string of the molecule is COc1ccc(CC(=O)OCC(=O)N(C)[C@H]2CCCc3ccccc32)cc1F. The number of carbonyl (C=O) groups excluding carboxylic acids is 2. The molecule has 0 N–H and O–H groups in total. The summed E-state index contributed by atoms with van der Waals surface area (Å²) in [5.74, 6) is -1.26. The molecule has 0 bridgehead atoms. The first-order valence-corrected chi connectivity index (χ1v) is 9.31. The first kappa shape index (κ1) is 19.9. The van der Waals surface area contributed by atoms with Gasteiger partial charge in [0.25, 0.3) is 5.91 Å². The van der Waals surface area contributed by atoms with E-state index in [9.17, 15) is 14.0 Å². The van der Waals surface area contributed by atoms with E-state index in [4.69, 9.17) is 9.47 Å². The molecule has 1 aliphatic carbocycles. The molecule has 2 aromatic rings. The number of likely N-dealkylation sites (N-methyl/N-ethyl adjacent to an activating group) is 1. The average Bonchev–Trinajstić information content (AvgIpc) is 2.71. The molecule has 2 aromatic carbocycles. The third kappa shape index (κ3) is 4.50. The Morgan fingerprint density at radius 1 is 1.21 bits per heavy atom. The molecule has 0 fully saturated rings. The highest BCUT2D eigenvalue weighted by molar-refractivity contribution is 5.81. The molecule has 28 heavy (non-hydrogen) atoms. The summed E-state index contributed by atoms with van der Waals surface area (Å²) in [6.07, 6.45) is 2.81. The number of amides is 1. The second kappa shape index (κ2) is 8.87. The minimum atomic E-state index is -0.574. The van der Waals surface area contributed by atoms with Gasteiger partial charge in [-0.25, -0.2) is 4.39 Å². The molecule has 0 unspecified atom stereocenters. The zero-order chi connectivity index (χ0) is 20.1. The van der Waals surface area contributed by atoms with Gasteiger partial charge in [-0.1, -0.05) is 30.3 Å². The van der Waals surface area contributed by atoms with Crippen molar-refractivity contribution in [2.75, 3.05) is 20.8 Å². The fraction of sp³-hybridized carbons (Fsp3) is 0.364. The molecule has 1 amide bonds. The van der Waals surface area contributed by atoms with Crippen LogP contribution in [-0.2, 0) is 27.2 Å². The average molecular weight is 385 g/mol. The van der Waals surface area contributed by atoms with Crippen LogP contribution in [0.1, 0.15) is 35.6 Å². The molecule has 0 spiro atoms. The molecule has 148 valence electrons. The standard InChI is InChI=1S/C22H24FNO4/c1-24(19-9-5-7-16-6-3-4-8-17(16)19)21(25)14-28-22(26)13-15-10-11-20(27-2)18(23)12-15/h3-4,6,8,10-12,19H,5,7,9,13-14H2,1-2H3/t19-/m0/s1. The van der Waals surface area contributed by atoms with Crippen molar-refractivity contribution < 1.29 is 23.5 Å². The van der Waals surface area contributed by atoms with Crippen molar-refractivity contribution in [1.29, 1.82) is 0 Å². The lowest BCUT2D eigenvalue weighted by Gasteiger charge is -2.33. The highest BCUT2D eigenvalue weighted by atomic mass is 19.1. The number of carbonyl (C=O) groups is 2. The molecule has 0 radical (unpaired) electrons. The van der Waals surface area contributed by atoms with E-state index in [0.717, 1.165) is 24.8 Å². The summed E-state index contributed by atoms with van der Waals surface area (Å²) in [7, 11) is 3.11. The van der Waals surface area contributed by atoms with Crippen LogP contribution in [0.15, 0.2) is 42.5 Å². The van der Waals surface area contributed by atoms with E-state index < -0.39 is 11.8 Å². The topological polar surface area (TPSA) is 55.8 Å². The van der Waals surface area contributed by atoms with Crippen molar-refractivity contribution in [2.24, 2.45) is 0 Å². The van der Waals surface area contributed by atoms with Crippen molar-refractivity contribution in [2.45, 2.75) is 31.7 Å². The van der Waals surface area contributed by atoms with Crippen molar-refractivity contribution >= 4 is 11.9 Å². The largest absolute Gasteiger partial charge is 0.494 e. The van der Waals surface area contributed by atoms with Gasteiger partial charge in [-0.2, -0.15) is 0 Å². The van der Waals surface area contributed by atoms with Crippen LogP contribution in [0.3, 0.4) is 0 Å². The Balaban J connectivity index is 1.55. The number of fused-ring (bicyclic) bond motifs is 1. The predicted molar refractivity (Wildman–Crippen MR) is 103 cm³/mol. The lowest BCUT2D eigenvalue weighted by molar-refractivity contribution is -0.152. The Morgan fingerprint density at radius 2 is 2.00 bits per heavy atom. The number of nitrogens with zero attached hydrogens (tertiary/aromatic N) is 1. The highest BCUT2D eigenvalue weighted by Gasteiger charge is 2.27. The number of hydrogen-bond acceptors (Lipinski definition) is 4. The molecule has 0 aromatic heterocycles. The van der Waals surface area contributed by atoms with Gasteiger partial charge in [0.2, 0.25) is 0 Å². The Labute approximate surface area is 164 Å². The van der Waals surface area contributed by atoms with Gasteiger partial charge in [0.1, 0.15) is 0 Å². The molecular formula is C22H24FNO4. The number of aryl methyl sites for hydroxylation is 1. The summed E-state index contributed by atoms with van der Waals surface area (Å²) in [6, 6.07) is 12.4. The maximum Gasteiger partial charge on any atom is 0.310 e. The van der Waals surface area contributed by atoms with Gasteiger partial charge in [-0.3, -0.25) is 9.59 Å². The zero-order valence-electron chi connectivity index (χ0n) is 16.1. The molecule has 0 saturated carbocycles. The molecule has 6 heteroatoms. The number of esters is 1. The Kier molecular flexibility index (Phi) is 6.29. The molecule has 1 aliphatic rings. The number of ether oxygens (including phenoxy) is 2. The lowest BCUT2D eigenvalue weighted by atomic mass is 9.87. The van der Waals surface area contributed by atoms with Gasteiger partial charge >= 0.3 is 5.97 Å². The Morgan fingerprint density at radius 3 is 2.75 bits per heavy atom. The van der Waals surface area contributed by atoms with Crippen LogP contribution in [0.4, 0.5) is 4.39 Å². The minimum Gasteiger partial charge on any atom is -0.494 e. The Hall–Kier alpha value is -2.89. The monoisotopic (exact) mass is 385 g/mol. The maximum absolute atomic E-state index is 13.7. The van der Waals surface area contributed by atoms with E-state index in [0.29, 0.717) is 5.56 Å². The molecule has 3 rings (SSSR count). The van der Waals surface area contributed by atoms with Crippen molar-refractivity contribution in [3.8, 4) is 5.75 Å². The van der Waals surface area contributed by atoms with Gasteiger partial charge in [-0.15, -0.1) is 0 Å². The summed E-state index contributed by atoms with van der Waals surface area (Å²) in [6.45, 7) is -0.327. The highest BCUT2D eigenvalue weighted by Crippen LogP contribution is 2.33. The fourth-order valence-corrected chi connectivity index (χ4v) is 3.59. The van der Waals surface area contributed by atoms with E-state index in [1.165, 1.54) is 24.8 Å². The summed E-state index contributed by atoms with van der Waals surface area (Å²) in [4.78, 5) is 26.2. The van der Waals surface area contributed by atoms with E-state index in [1.807, 2.05) is 18.2 Å². The Bertz CT molecular complexity index is 867. The van der Waals surface area contributed by atoms with Gasteiger partial charge in [0, 0.05) is 7.05 Å². The van der Waals surface area contributed by atoms with Crippen molar-refractivity contribution in [3.05, 3.63) is 65.0 Å². The van der Waals surface area contributed by atoms with Gasteiger partial charge in [-0.05, 0) is 48.1 Å². The van der Waals surface area contributed by atoms with Crippen LogP contribution in [0.5, 0.6) is 5.75 Å². The predicted octanol–water partition coefficient (Wildman–Crippen LogP) is 3.46. The van der Waals surface area contributed by atoms with Crippen LogP contribution < -0.4 is 4.74 Å². The normalized spacial score (nSPS) is 15.5. The summed E-state index contributed by atoms with van der Waals surface area (Å²) >= 11 is 0. The van der Waals surface area contributed by atoms with Crippen molar-refractivity contribution in [1.82, 2.24) is 4.90 Å². The molecule has 1 atom stereocenters. The number of methoxy groups -OCH3 is 1. The van der Waals surface area contributed by atoms with Crippen LogP contribution in [-0.4, -0.2) is 37.5 Å². The van der Waals surface area contributed by atoms with Crippen LogP contribution in [0.25, 0.3) is 0 Å². The summed E-state index contributed by atoms with van der Waals surface area (Å²) < 4.78 is 23.7. The quantitative estimate of drug-likeness (QED) is 0.715. The molecule has 0 heterocycles. The number of benzene rings is 2. The first-order valence-electron chi connectivity index (χ1n) is 9.31. The first-order chi connectivity index (χ1) is 13.5. The van der Waals surface area contributed by atoms with Crippen LogP contribution in [0.2, 0.25) is 0 Å². The maximum atomic E-state index is 13.7. The fourth-order valence-electron chi connectivity index (χ4n) is 3.59. The molecule has 0 aliphatic heterocycles. The number of hydrogen-bond donors (Lipinski definition) is 0. The van der Waals surface area contributed by atoms with E-state index in [-0.39, 0.29) is 30.7 Å². The second-order valence-electron chi connectivity index (χ2n) is 6.92. The van der Waals surface area contributed by atoms with Gasteiger partial charge < -0.3 is 14.4 Å². The van der Waals surface area contributed by atoms with Gasteiger partial charge in [0.05, 0.1) is 19.6 Å². The van der Waals surface area contributed by atoms with Crippen molar-refractivity contribution in [3.63, 3.8) is 0 Å². The zero-order valence-corrected chi connectivity index (χ0v) is 16.1. The third-order valence-electron chi connectivity index (χ3n) is 5.12. The molecular weight excluding hydrogens is 361 g/mol. The van der Waals surface area contributed by atoms with E-state index in [2.05, 4.69) is 6.07 Å². The minimum absolute atomic E-state index is 0.00756. The van der Waals surface area contributed by atoms with Crippen LogP contribution >= 0.6 is 0 Å².